The first-order valence-corrected chi connectivity index (χ1v) is 13.6. The van der Waals surface area contributed by atoms with Gasteiger partial charge in [0.1, 0.15) is 11.6 Å². The first-order chi connectivity index (χ1) is 16.3. The molecule has 0 fully saturated rings. The fourth-order valence-electron chi connectivity index (χ4n) is 6.00. The lowest BCUT2D eigenvalue weighted by Crippen LogP contribution is -2.30. The highest BCUT2D eigenvalue weighted by atomic mass is 16.1. The van der Waals surface area contributed by atoms with Crippen molar-refractivity contribution in [2.24, 2.45) is 17.8 Å². The van der Waals surface area contributed by atoms with Crippen molar-refractivity contribution in [3.05, 3.63) is 46.5 Å². The van der Waals surface area contributed by atoms with E-state index in [2.05, 4.69) is 58.9 Å². The lowest BCUT2D eigenvalue weighted by Gasteiger charge is -2.33. The highest BCUT2D eigenvalue weighted by molar-refractivity contribution is 6.00. The normalized spacial score (nSPS) is 20.8. The van der Waals surface area contributed by atoms with Crippen LogP contribution in [-0.4, -0.2) is 17.3 Å². The predicted octanol–water partition coefficient (Wildman–Crippen LogP) is 7.97. The summed E-state index contributed by atoms with van der Waals surface area (Å²) in [4.78, 5) is 37.5. The smallest absolute Gasteiger partial charge is 0.163 e. The van der Waals surface area contributed by atoms with Crippen LogP contribution >= 0.6 is 0 Å². The Kier molecular flexibility index (Phi) is 11.4. The molecule has 1 aromatic rings. The van der Waals surface area contributed by atoms with Gasteiger partial charge in [-0.1, -0.05) is 71.2 Å². The molecule has 2 aliphatic rings. The zero-order valence-electron chi connectivity index (χ0n) is 22.4. The molecule has 188 valence electrons. The molecule has 0 bridgehead atoms. The standard InChI is InChI=1S/C28H38O3.C3H8/c1-5-9-22(23(6-2)26(30)14-19(4)29)15-20-16-25-24(21-10-7-8-11-21)13-12-18(3)28(25)27(31)17-20;1-3-2/h7,10,12-13,20-23H,5-6,8-9,11,14-17H2,1-4H3;3H2,1-2H3. The van der Waals surface area contributed by atoms with Crippen molar-refractivity contribution >= 4 is 17.3 Å². The van der Waals surface area contributed by atoms with Gasteiger partial charge in [0.2, 0.25) is 0 Å². The molecule has 0 saturated carbocycles. The molecular weight excluding hydrogens is 420 g/mol. The van der Waals surface area contributed by atoms with Crippen LogP contribution in [0.5, 0.6) is 0 Å². The third-order valence-electron chi connectivity index (χ3n) is 7.36. The van der Waals surface area contributed by atoms with E-state index in [1.165, 1.54) is 24.5 Å². The maximum Gasteiger partial charge on any atom is 0.163 e. The van der Waals surface area contributed by atoms with Gasteiger partial charge in [-0.05, 0) is 74.5 Å². The number of allylic oxidation sites excluding steroid dienone is 2. The van der Waals surface area contributed by atoms with Crippen LogP contribution in [0.1, 0.15) is 125 Å². The number of Topliss-reactive ketones (excluding diaryl/α,β-unsaturated/α-hetero) is 3. The predicted molar refractivity (Wildman–Crippen MR) is 142 cm³/mol. The van der Waals surface area contributed by atoms with Crippen LogP contribution in [0.2, 0.25) is 0 Å². The Bertz CT molecular complexity index is 879. The number of hydrogen-bond acceptors (Lipinski definition) is 3. The summed E-state index contributed by atoms with van der Waals surface area (Å²) in [7, 11) is 0. The van der Waals surface area contributed by atoms with E-state index in [1.54, 1.807) is 0 Å². The fraction of sp³-hybridized carbons (Fsp3) is 0.645. The van der Waals surface area contributed by atoms with Crippen molar-refractivity contribution in [1.82, 2.24) is 0 Å². The number of carbonyl (C=O) groups is 3. The summed E-state index contributed by atoms with van der Waals surface area (Å²) in [6.07, 6.45) is 13.3. The van der Waals surface area contributed by atoms with Crippen molar-refractivity contribution in [2.45, 2.75) is 112 Å². The molecule has 0 radical (unpaired) electrons. The van der Waals surface area contributed by atoms with Gasteiger partial charge in [-0.15, -0.1) is 0 Å². The summed E-state index contributed by atoms with van der Waals surface area (Å²) >= 11 is 0. The third-order valence-corrected chi connectivity index (χ3v) is 7.36. The van der Waals surface area contributed by atoms with Crippen LogP contribution in [0.25, 0.3) is 0 Å². The Hall–Kier alpha value is -2.03. The van der Waals surface area contributed by atoms with E-state index in [0.717, 1.165) is 56.1 Å². The van der Waals surface area contributed by atoms with Gasteiger partial charge < -0.3 is 0 Å². The van der Waals surface area contributed by atoms with Gasteiger partial charge >= 0.3 is 0 Å². The van der Waals surface area contributed by atoms with Crippen LogP contribution in [-0.2, 0) is 16.0 Å². The number of fused-ring (bicyclic) bond motifs is 1. The molecule has 0 aliphatic heterocycles. The summed E-state index contributed by atoms with van der Waals surface area (Å²) in [5.41, 5.74) is 4.65. The molecule has 4 unspecified atom stereocenters. The second-order valence-corrected chi connectivity index (χ2v) is 10.5. The Morgan fingerprint density at radius 3 is 2.35 bits per heavy atom. The van der Waals surface area contributed by atoms with Gasteiger partial charge in [0.05, 0.1) is 6.42 Å². The Labute approximate surface area is 207 Å². The molecule has 0 saturated heterocycles. The molecule has 0 spiro atoms. The first kappa shape index (κ1) is 28.2. The molecule has 2 aliphatic carbocycles. The summed E-state index contributed by atoms with van der Waals surface area (Å²) in [5, 5.41) is 0. The number of carbonyl (C=O) groups excluding carboxylic acids is 3. The summed E-state index contributed by atoms with van der Waals surface area (Å²) in [6.45, 7) is 12.0. The van der Waals surface area contributed by atoms with E-state index in [1.807, 2.05) is 0 Å². The quantitative estimate of drug-likeness (QED) is 0.259. The van der Waals surface area contributed by atoms with Gasteiger partial charge in [0, 0.05) is 23.8 Å². The summed E-state index contributed by atoms with van der Waals surface area (Å²) < 4.78 is 0. The molecule has 3 nitrogen and oxygen atoms in total. The second-order valence-electron chi connectivity index (χ2n) is 10.5. The van der Waals surface area contributed by atoms with Crippen molar-refractivity contribution in [3.63, 3.8) is 0 Å². The highest BCUT2D eigenvalue weighted by Gasteiger charge is 2.34. The zero-order valence-corrected chi connectivity index (χ0v) is 22.4. The summed E-state index contributed by atoms with van der Waals surface area (Å²) in [6, 6.07) is 4.35. The van der Waals surface area contributed by atoms with Gasteiger partial charge in [-0.3, -0.25) is 14.4 Å². The maximum atomic E-state index is 13.2. The van der Waals surface area contributed by atoms with E-state index >= 15 is 0 Å². The average Bonchev–Trinajstić information content (AvgIpc) is 3.29. The van der Waals surface area contributed by atoms with Crippen molar-refractivity contribution in [1.29, 1.82) is 0 Å². The van der Waals surface area contributed by atoms with Gasteiger partial charge in [-0.25, -0.2) is 0 Å². The Morgan fingerprint density at radius 2 is 1.79 bits per heavy atom. The minimum absolute atomic E-state index is 0.0442. The van der Waals surface area contributed by atoms with Crippen molar-refractivity contribution in [2.75, 3.05) is 0 Å². The largest absolute Gasteiger partial charge is 0.300 e. The van der Waals surface area contributed by atoms with Crippen molar-refractivity contribution < 1.29 is 14.4 Å². The number of rotatable bonds is 10. The van der Waals surface area contributed by atoms with E-state index in [-0.39, 0.29) is 41.5 Å². The SMILES string of the molecule is CCC.CCCC(CC1CC(=O)c2c(C)ccc(C3C=CCC3)c2C1)C(CC)C(=O)CC(C)=O. The highest BCUT2D eigenvalue weighted by Crippen LogP contribution is 2.40. The molecule has 0 heterocycles. The molecule has 0 amide bonds. The number of ketones is 3. The monoisotopic (exact) mass is 466 g/mol. The lowest BCUT2D eigenvalue weighted by atomic mass is 9.70. The van der Waals surface area contributed by atoms with Crippen LogP contribution in [0.4, 0.5) is 0 Å². The topological polar surface area (TPSA) is 51.2 Å². The molecule has 3 rings (SSSR count). The number of aryl methyl sites for hydroxylation is 1. The van der Waals surface area contributed by atoms with E-state index < -0.39 is 0 Å². The minimum Gasteiger partial charge on any atom is -0.300 e. The number of hydrogen-bond donors (Lipinski definition) is 0. The molecule has 0 aromatic heterocycles. The fourth-order valence-corrected chi connectivity index (χ4v) is 6.00. The molecular formula is C31H46O3. The van der Waals surface area contributed by atoms with Crippen LogP contribution in [0.15, 0.2) is 24.3 Å². The average molecular weight is 467 g/mol. The molecule has 34 heavy (non-hydrogen) atoms. The molecule has 0 N–H and O–H groups in total. The lowest BCUT2D eigenvalue weighted by molar-refractivity contribution is -0.129. The van der Waals surface area contributed by atoms with Gasteiger partial charge in [0.25, 0.3) is 0 Å². The van der Waals surface area contributed by atoms with Crippen LogP contribution in [0, 0.1) is 24.7 Å². The minimum atomic E-state index is -0.0740. The van der Waals surface area contributed by atoms with Gasteiger partial charge in [0.15, 0.2) is 5.78 Å². The molecule has 3 heteroatoms. The number of benzene rings is 1. The maximum absolute atomic E-state index is 13.2. The van der Waals surface area contributed by atoms with Crippen molar-refractivity contribution in [3.8, 4) is 0 Å². The van der Waals surface area contributed by atoms with E-state index in [9.17, 15) is 14.4 Å². The van der Waals surface area contributed by atoms with Gasteiger partial charge in [-0.2, -0.15) is 0 Å². The van der Waals surface area contributed by atoms with E-state index in [0.29, 0.717) is 12.3 Å². The Balaban J connectivity index is 0.00000129. The summed E-state index contributed by atoms with van der Waals surface area (Å²) in [5.74, 6) is 1.19. The third kappa shape index (κ3) is 7.23. The van der Waals surface area contributed by atoms with Crippen LogP contribution < -0.4 is 0 Å². The van der Waals surface area contributed by atoms with Crippen LogP contribution in [0.3, 0.4) is 0 Å². The first-order valence-electron chi connectivity index (χ1n) is 13.6. The Morgan fingerprint density at radius 1 is 1.09 bits per heavy atom. The molecule has 1 aromatic carbocycles. The second kappa shape index (κ2) is 13.8. The molecule has 4 atom stereocenters. The van der Waals surface area contributed by atoms with E-state index in [4.69, 9.17) is 0 Å². The zero-order chi connectivity index (χ0) is 25.3.